The number of benzene rings is 1. The zero-order valence-electron chi connectivity index (χ0n) is 11.1. The van der Waals surface area contributed by atoms with Gasteiger partial charge >= 0.3 is 0 Å². The summed E-state index contributed by atoms with van der Waals surface area (Å²) >= 11 is 0. The minimum absolute atomic E-state index is 0.912. The van der Waals surface area contributed by atoms with Gasteiger partial charge in [-0.15, -0.1) is 0 Å². The molecule has 0 amide bonds. The zero-order valence-corrected chi connectivity index (χ0v) is 11.1. The standard InChI is InChI=1S/C15H24N2/c1-12-3-4-15(13(2)11-12)17-10-7-14-5-8-16-9-6-14/h3-4,11,14,16-17H,5-10H2,1-2H3. The van der Waals surface area contributed by atoms with Crippen molar-refractivity contribution in [3.05, 3.63) is 29.3 Å². The highest BCUT2D eigenvalue weighted by Crippen LogP contribution is 2.19. The van der Waals surface area contributed by atoms with Crippen LogP contribution >= 0.6 is 0 Å². The Labute approximate surface area is 105 Å². The molecule has 0 aromatic heterocycles. The smallest absolute Gasteiger partial charge is 0.0370 e. The van der Waals surface area contributed by atoms with Crippen LogP contribution in [0.2, 0.25) is 0 Å². The van der Waals surface area contributed by atoms with E-state index in [4.69, 9.17) is 0 Å². The van der Waals surface area contributed by atoms with Gasteiger partial charge in [-0.25, -0.2) is 0 Å². The van der Waals surface area contributed by atoms with Gasteiger partial charge in [0.2, 0.25) is 0 Å². The van der Waals surface area contributed by atoms with Crippen LogP contribution in [0.15, 0.2) is 18.2 Å². The second-order valence-electron chi connectivity index (χ2n) is 5.23. The van der Waals surface area contributed by atoms with E-state index >= 15 is 0 Å². The zero-order chi connectivity index (χ0) is 12.1. The molecule has 1 saturated heterocycles. The largest absolute Gasteiger partial charge is 0.385 e. The molecule has 0 radical (unpaired) electrons. The third kappa shape index (κ3) is 3.74. The van der Waals surface area contributed by atoms with Crippen molar-refractivity contribution in [2.45, 2.75) is 33.1 Å². The SMILES string of the molecule is Cc1ccc(NCCC2CCNCC2)c(C)c1. The fourth-order valence-corrected chi connectivity index (χ4v) is 2.59. The summed E-state index contributed by atoms with van der Waals surface area (Å²) in [4.78, 5) is 0. The third-order valence-electron chi connectivity index (χ3n) is 3.71. The van der Waals surface area contributed by atoms with Gasteiger partial charge in [-0.2, -0.15) is 0 Å². The van der Waals surface area contributed by atoms with Crippen LogP contribution in [-0.2, 0) is 0 Å². The molecule has 1 aromatic rings. The van der Waals surface area contributed by atoms with Crippen LogP contribution in [0.1, 0.15) is 30.4 Å². The Morgan fingerprint density at radius 1 is 1.24 bits per heavy atom. The van der Waals surface area contributed by atoms with Crippen molar-refractivity contribution in [3.63, 3.8) is 0 Å². The summed E-state index contributed by atoms with van der Waals surface area (Å²) in [6.07, 6.45) is 3.98. The molecule has 94 valence electrons. The quantitative estimate of drug-likeness (QED) is 0.833. The molecule has 0 bridgehead atoms. The Kier molecular flexibility index (Phi) is 4.43. The first-order chi connectivity index (χ1) is 8.25. The van der Waals surface area contributed by atoms with Crippen molar-refractivity contribution in [2.24, 2.45) is 5.92 Å². The molecule has 1 heterocycles. The van der Waals surface area contributed by atoms with Gasteiger partial charge in [-0.05, 0) is 63.7 Å². The number of piperidine rings is 1. The van der Waals surface area contributed by atoms with Crippen LogP contribution in [0, 0.1) is 19.8 Å². The molecule has 2 heteroatoms. The molecule has 17 heavy (non-hydrogen) atoms. The molecule has 1 aromatic carbocycles. The van der Waals surface area contributed by atoms with Gasteiger partial charge in [0.1, 0.15) is 0 Å². The minimum atomic E-state index is 0.912. The van der Waals surface area contributed by atoms with Crippen LogP contribution < -0.4 is 10.6 Å². The summed E-state index contributed by atoms with van der Waals surface area (Å²) in [5.41, 5.74) is 3.99. The summed E-state index contributed by atoms with van der Waals surface area (Å²) in [6, 6.07) is 6.62. The van der Waals surface area contributed by atoms with Crippen LogP contribution in [0.5, 0.6) is 0 Å². The van der Waals surface area contributed by atoms with Crippen molar-refractivity contribution in [1.29, 1.82) is 0 Å². The van der Waals surface area contributed by atoms with Crippen molar-refractivity contribution < 1.29 is 0 Å². The van der Waals surface area contributed by atoms with E-state index in [1.165, 1.54) is 49.2 Å². The van der Waals surface area contributed by atoms with E-state index in [1.54, 1.807) is 0 Å². The maximum atomic E-state index is 3.57. The first-order valence-electron chi connectivity index (χ1n) is 6.77. The van der Waals surface area contributed by atoms with Gasteiger partial charge in [0.05, 0.1) is 0 Å². The van der Waals surface area contributed by atoms with Gasteiger partial charge in [-0.3, -0.25) is 0 Å². The van der Waals surface area contributed by atoms with Gasteiger partial charge in [-0.1, -0.05) is 17.7 Å². The normalized spacial score (nSPS) is 17.1. The number of rotatable bonds is 4. The van der Waals surface area contributed by atoms with Crippen molar-refractivity contribution in [3.8, 4) is 0 Å². The van der Waals surface area contributed by atoms with E-state index in [1.807, 2.05) is 0 Å². The Bertz CT molecular complexity index is 354. The van der Waals surface area contributed by atoms with Gasteiger partial charge in [0.25, 0.3) is 0 Å². The average molecular weight is 232 g/mol. The number of nitrogens with one attached hydrogen (secondary N) is 2. The number of hydrogen-bond donors (Lipinski definition) is 2. The molecule has 0 unspecified atom stereocenters. The molecule has 1 aliphatic rings. The van der Waals surface area contributed by atoms with E-state index in [0.29, 0.717) is 0 Å². The van der Waals surface area contributed by atoms with Gasteiger partial charge < -0.3 is 10.6 Å². The van der Waals surface area contributed by atoms with Crippen molar-refractivity contribution >= 4 is 5.69 Å². The summed E-state index contributed by atoms with van der Waals surface area (Å²) < 4.78 is 0. The first-order valence-corrected chi connectivity index (χ1v) is 6.77. The fourth-order valence-electron chi connectivity index (χ4n) is 2.59. The predicted octanol–water partition coefficient (Wildman–Crippen LogP) is 3.11. The third-order valence-corrected chi connectivity index (χ3v) is 3.71. The van der Waals surface area contributed by atoms with E-state index in [0.717, 1.165) is 12.5 Å². The lowest BCUT2D eigenvalue weighted by molar-refractivity contribution is 0.361. The Hall–Kier alpha value is -1.02. The second-order valence-corrected chi connectivity index (χ2v) is 5.23. The van der Waals surface area contributed by atoms with Crippen LogP contribution in [0.4, 0.5) is 5.69 Å². The molecule has 0 atom stereocenters. The molecule has 1 fully saturated rings. The highest BCUT2D eigenvalue weighted by atomic mass is 14.9. The Balaban J connectivity index is 1.77. The summed E-state index contributed by atoms with van der Waals surface area (Å²) in [5, 5.41) is 6.98. The van der Waals surface area contributed by atoms with E-state index in [2.05, 4.69) is 42.7 Å². The molecular weight excluding hydrogens is 208 g/mol. The molecule has 2 rings (SSSR count). The first kappa shape index (κ1) is 12.4. The summed E-state index contributed by atoms with van der Waals surface area (Å²) in [7, 11) is 0. The maximum Gasteiger partial charge on any atom is 0.0370 e. The monoisotopic (exact) mass is 232 g/mol. The highest BCUT2D eigenvalue weighted by Gasteiger charge is 2.12. The molecule has 2 nitrogen and oxygen atoms in total. The fraction of sp³-hybridized carbons (Fsp3) is 0.600. The second kappa shape index (κ2) is 6.06. The maximum absolute atomic E-state index is 3.57. The van der Waals surface area contributed by atoms with Crippen LogP contribution in [0.3, 0.4) is 0 Å². The predicted molar refractivity (Wildman–Crippen MR) is 74.6 cm³/mol. The molecule has 0 aliphatic carbocycles. The van der Waals surface area contributed by atoms with E-state index in [9.17, 15) is 0 Å². The molecule has 1 aliphatic heterocycles. The van der Waals surface area contributed by atoms with Gasteiger partial charge in [0, 0.05) is 12.2 Å². The summed E-state index contributed by atoms with van der Waals surface area (Å²) in [5.74, 6) is 0.912. The van der Waals surface area contributed by atoms with Crippen LogP contribution in [-0.4, -0.2) is 19.6 Å². The molecule has 0 saturated carbocycles. The molecule has 0 spiro atoms. The minimum Gasteiger partial charge on any atom is -0.385 e. The number of aryl methyl sites for hydroxylation is 2. The van der Waals surface area contributed by atoms with E-state index < -0.39 is 0 Å². The molecular formula is C15H24N2. The summed E-state index contributed by atoms with van der Waals surface area (Å²) in [6.45, 7) is 7.84. The lowest BCUT2D eigenvalue weighted by atomic mass is 9.95. The van der Waals surface area contributed by atoms with Crippen molar-refractivity contribution in [2.75, 3.05) is 25.0 Å². The number of hydrogen-bond acceptors (Lipinski definition) is 2. The Morgan fingerprint density at radius 3 is 2.71 bits per heavy atom. The van der Waals surface area contributed by atoms with Crippen molar-refractivity contribution in [1.82, 2.24) is 5.32 Å². The lowest BCUT2D eigenvalue weighted by Crippen LogP contribution is -2.28. The lowest BCUT2D eigenvalue weighted by Gasteiger charge is -2.23. The van der Waals surface area contributed by atoms with Crippen LogP contribution in [0.25, 0.3) is 0 Å². The Morgan fingerprint density at radius 2 is 2.00 bits per heavy atom. The van der Waals surface area contributed by atoms with E-state index in [-0.39, 0.29) is 0 Å². The highest BCUT2D eigenvalue weighted by molar-refractivity contribution is 5.51. The topological polar surface area (TPSA) is 24.1 Å². The van der Waals surface area contributed by atoms with Gasteiger partial charge in [0.15, 0.2) is 0 Å². The molecule has 2 N–H and O–H groups in total. The number of anilines is 1. The average Bonchev–Trinajstić information content (AvgIpc) is 2.33.